The largest absolute Gasteiger partial charge is 0.505 e. The van der Waals surface area contributed by atoms with Gasteiger partial charge in [-0.2, -0.15) is 0 Å². The van der Waals surface area contributed by atoms with E-state index in [4.69, 9.17) is 11.6 Å². The molecule has 0 saturated carbocycles. The van der Waals surface area contributed by atoms with E-state index in [1.807, 2.05) is 0 Å². The Labute approximate surface area is 194 Å². The third-order valence-corrected chi connectivity index (χ3v) is 6.29. The first-order valence-corrected chi connectivity index (χ1v) is 10.7. The van der Waals surface area contributed by atoms with Crippen molar-refractivity contribution in [3.63, 3.8) is 0 Å². The van der Waals surface area contributed by atoms with Crippen LogP contribution in [-0.2, 0) is 9.59 Å². The van der Waals surface area contributed by atoms with Crippen molar-refractivity contribution >= 4 is 40.3 Å². The number of nitrogens with zero attached hydrogens (tertiary/aromatic N) is 1. The van der Waals surface area contributed by atoms with Gasteiger partial charge >= 0.3 is 5.97 Å². The molecule has 3 rings (SSSR count). The summed E-state index contributed by atoms with van der Waals surface area (Å²) in [5.74, 6) is -4.94. The number of halogens is 2. The Bertz CT molecular complexity index is 1270. The van der Waals surface area contributed by atoms with E-state index in [1.165, 1.54) is 36.6 Å². The minimum absolute atomic E-state index is 0.0778. The molecule has 33 heavy (non-hydrogen) atoms. The predicted octanol–water partition coefficient (Wildman–Crippen LogP) is 4.61. The number of fused-ring (bicyclic) bond motifs is 1. The number of carboxylic acid groups (broad SMARTS) is 1. The van der Waals surface area contributed by atoms with Crippen LogP contribution in [0.5, 0.6) is 5.75 Å². The summed E-state index contributed by atoms with van der Waals surface area (Å²) in [5.41, 5.74) is -0.570. The first-order valence-electron chi connectivity index (χ1n) is 10.3. The van der Waals surface area contributed by atoms with Gasteiger partial charge in [-0.3, -0.25) is 14.2 Å². The van der Waals surface area contributed by atoms with Gasteiger partial charge in [-0.1, -0.05) is 18.5 Å². The molecule has 1 aromatic heterocycles. The molecule has 174 valence electrons. The average Bonchev–Trinajstić information content (AvgIpc) is 3.07. The van der Waals surface area contributed by atoms with E-state index in [1.54, 1.807) is 26.0 Å². The predicted molar refractivity (Wildman–Crippen MR) is 122 cm³/mol. The average molecular weight is 475 g/mol. The minimum Gasteiger partial charge on any atom is -0.505 e. The van der Waals surface area contributed by atoms with E-state index in [0.717, 1.165) is 6.07 Å². The van der Waals surface area contributed by atoms with Gasteiger partial charge in [0.25, 0.3) is 5.91 Å². The van der Waals surface area contributed by atoms with Gasteiger partial charge in [0.15, 0.2) is 11.6 Å². The van der Waals surface area contributed by atoms with E-state index in [9.17, 15) is 24.6 Å². The number of nitrogens with one attached hydrogen (secondary N) is 1. The Morgan fingerprint density at radius 2 is 1.79 bits per heavy atom. The third kappa shape index (κ3) is 4.18. The summed E-state index contributed by atoms with van der Waals surface area (Å²) in [6.07, 6.45) is 0.131. The van der Waals surface area contributed by atoms with E-state index < -0.39 is 40.8 Å². The zero-order valence-corrected chi connectivity index (χ0v) is 19.3. The lowest BCUT2D eigenvalue weighted by Gasteiger charge is -2.26. The van der Waals surface area contributed by atoms with Gasteiger partial charge in [-0.05, 0) is 69.2 Å². The van der Waals surface area contributed by atoms with Crippen LogP contribution in [-0.4, -0.2) is 38.1 Å². The first kappa shape index (κ1) is 24.3. The Hall–Kier alpha value is -3.39. The van der Waals surface area contributed by atoms with Crippen LogP contribution >= 0.6 is 11.6 Å². The summed E-state index contributed by atoms with van der Waals surface area (Å²) in [7, 11) is 0. The number of rotatable bonds is 6. The maximum atomic E-state index is 15.1. The molecule has 0 spiro atoms. The Balaban J connectivity index is 2.20. The van der Waals surface area contributed by atoms with Crippen molar-refractivity contribution in [3.8, 4) is 5.75 Å². The second-order valence-electron chi connectivity index (χ2n) is 8.14. The number of benzene rings is 2. The molecule has 0 bridgehead atoms. The lowest BCUT2D eigenvalue weighted by molar-refractivity contribution is -0.147. The van der Waals surface area contributed by atoms with Gasteiger partial charge in [0, 0.05) is 21.7 Å². The molecule has 0 radical (unpaired) electrons. The minimum atomic E-state index is -1.52. The van der Waals surface area contributed by atoms with E-state index in [-0.39, 0.29) is 22.9 Å². The topological polar surface area (TPSA) is 109 Å². The van der Waals surface area contributed by atoms with Gasteiger partial charge in [-0.15, -0.1) is 0 Å². The number of carbonyl (C=O) groups excluding carboxylic acids is 2. The third-order valence-electron chi connectivity index (χ3n) is 6.03. The highest BCUT2D eigenvalue weighted by Crippen LogP contribution is 2.37. The Morgan fingerprint density at radius 3 is 2.33 bits per heavy atom. The fraction of sp³-hybridized carbons (Fsp3) is 0.292. The monoisotopic (exact) mass is 474 g/mol. The number of aromatic hydroxyl groups is 1. The van der Waals surface area contributed by atoms with Crippen LogP contribution in [0.1, 0.15) is 54.7 Å². The summed E-state index contributed by atoms with van der Waals surface area (Å²) in [6.45, 7) is 6.07. The van der Waals surface area contributed by atoms with E-state index in [0.29, 0.717) is 16.3 Å². The molecule has 0 aliphatic rings. The second kappa shape index (κ2) is 8.86. The van der Waals surface area contributed by atoms with E-state index >= 15 is 4.39 Å². The quantitative estimate of drug-likeness (QED) is 0.483. The van der Waals surface area contributed by atoms with Crippen LogP contribution in [0.2, 0.25) is 5.02 Å². The van der Waals surface area contributed by atoms with Crippen LogP contribution in [0.25, 0.3) is 10.9 Å². The zero-order valence-electron chi connectivity index (χ0n) is 18.6. The standard InChI is InChI=1S/C24H24ClFN2O5/c1-5-24(4,23(32)33)27-21(30)12(2)18-13(3)28(16-10-11-17(29)20(26)19(16)18)22(31)14-6-8-15(25)9-7-14/h6-12,29H,5H2,1-4H3,(H,27,30)(H,32,33)/t12-,24?/m1/s1. The number of amides is 1. The number of hydrogen-bond donors (Lipinski definition) is 3. The van der Waals surface area contributed by atoms with Crippen LogP contribution < -0.4 is 5.32 Å². The van der Waals surface area contributed by atoms with Crippen molar-refractivity contribution < 1.29 is 29.0 Å². The highest BCUT2D eigenvalue weighted by atomic mass is 35.5. The number of aromatic nitrogens is 1. The first-order chi connectivity index (χ1) is 15.4. The highest BCUT2D eigenvalue weighted by molar-refractivity contribution is 6.30. The van der Waals surface area contributed by atoms with Crippen molar-refractivity contribution in [1.29, 1.82) is 0 Å². The lowest BCUT2D eigenvalue weighted by Crippen LogP contribution is -2.52. The molecule has 3 N–H and O–H groups in total. The number of carboxylic acids is 1. The fourth-order valence-electron chi connectivity index (χ4n) is 3.80. The maximum absolute atomic E-state index is 15.1. The van der Waals surface area contributed by atoms with Gasteiger partial charge in [0.1, 0.15) is 5.54 Å². The molecule has 9 heteroatoms. The highest BCUT2D eigenvalue weighted by Gasteiger charge is 2.36. The number of aliphatic carboxylic acids is 1. The van der Waals surface area contributed by atoms with Crippen molar-refractivity contribution in [1.82, 2.24) is 9.88 Å². The van der Waals surface area contributed by atoms with Crippen LogP contribution in [0, 0.1) is 12.7 Å². The molecular weight excluding hydrogens is 451 g/mol. The van der Waals surface area contributed by atoms with Crippen LogP contribution in [0.4, 0.5) is 4.39 Å². The van der Waals surface area contributed by atoms with Gasteiger partial charge in [0.2, 0.25) is 5.91 Å². The molecule has 2 atom stereocenters. The Morgan fingerprint density at radius 1 is 1.18 bits per heavy atom. The molecule has 0 saturated heterocycles. The second-order valence-corrected chi connectivity index (χ2v) is 8.58. The van der Waals surface area contributed by atoms with Gasteiger partial charge in [0.05, 0.1) is 11.4 Å². The van der Waals surface area contributed by atoms with Crippen LogP contribution in [0.15, 0.2) is 36.4 Å². The number of phenolic OH excluding ortho intramolecular Hbond substituents is 1. The maximum Gasteiger partial charge on any atom is 0.329 e. The summed E-state index contributed by atoms with van der Waals surface area (Å²) in [6, 6.07) is 8.70. The molecule has 0 fully saturated rings. The molecule has 3 aromatic rings. The Kier molecular flexibility index (Phi) is 6.51. The van der Waals surface area contributed by atoms with Crippen molar-refractivity contribution in [2.45, 2.75) is 45.6 Å². The fourth-order valence-corrected chi connectivity index (χ4v) is 3.92. The smallest absolute Gasteiger partial charge is 0.329 e. The molecule has 1 heterocycles. The van der Waals surface area contributed by atoms with Crippen molar-refractivity contribution in [2.24, 2.45) is 0 Å². The summed E-state index contributed by atoms with van der Waals surface area (Å²) < 4.78 is 16.4. The normalized spacial score (nSPS) is 14.0. The van der Waals surface area contributed by atoms with E-state index in [2.05, 4.69) is 5.32 Å². The number of phenols is 1. The molecule has 1 amide bonds. The van der Waals surface area contributed by atoms with Crippen LogP contribution in [0.3, 0.4) is 0 Å². The number of hydrogen-bond acceptors (Lipinski definition) is 4. The molecule has 0 aliphatic carbocycles. The van der Waals surface area contributed by atoms with Gasteiger partial charge < -0.3 is 15.5 Å². The van der Waals surface area contributed by atoms with Crippen molar-refractivity contribution in [2.75, 3.05) is 0 Å². The summed E-state index contributed by atoms with van der Waals surface area (Å²) in [4.78, 5) is 38.0. The molecular formula is C24H24ClFN2O5. The molecule has 1 unspecified atom stereocenters. The molecule has 7 nitrogen and oxygen atoms in total. The SMILES string of the molecule is CCC(C)(NC(=O)[C@H](C)c1c(C)n(C(=O)c2ccc(Cl)cc2)c2ccc(O)c(F)c12)C(=O)O. The number of carbonyl (C=O) groups is 3. The zero-order chi connectivity index (χ0) is 24.7. The molecule has 2 aromatic carbocycles. The van der Waals surface area contributed by atoms with Gasteiger partial charge in [-0.25, -0.2) is 9.18 Å². The van der Waals surface area contributed by atoms with Crippen molar-refractivity contribution in [3.05, 3.63) is 64.1 Å². The molecule has 0 aliphatic heterocycles. The lowest BCUT2D eigenvalue weighted by atomic mass is 9.93. The summed E-state index contributed by atoms with van der Waals surface area (Å²) >= 11 is 5.91. The summed E-state index contributed by atoms with van der Waals surface area (Å²) in [5, 5.41) is 22.4.